The summed E-state index contributed by atoms with van der Waals surface area (Å²) in [5.41, 5.74) is 1.13. The van der Waals surface area contributed by atoms with Crippen LogP contribution in [0.2, 0.25) is 10.0 Å². The fourth-order valence-electron chi connectivity index (χ4n) is 1.49. The molecular weight excluding hydrogens is 227 g/mol. The van der Waals surface area contributed by atoms with Gasteiger partial charge >= 0.3 is 0 Å². The molecule has 1 aromatic rings. The molecule has 1 atom stereocenters. The van der Waals surface area contributed by atoms with E-state index in [1.165, 1.54) is 0 Å². The lowest BCUT2D eigenvalue weighted by Gasteiger charge is -2.11. The van der Waals surface area contributed by atoms with E-state index in [4.69, 9.17) is 23.2 Å². The van der Waals surface area contributed by atoms with Crippen molar-refractivity contribution in [1.29, 1.82) is 0 Å². The highest BCUT2D eigenvalue weighted by molar-refractivity contribution is 6.33. The number of allylic oxidation sites excluding steroid dienone is 2. The van der Waals surface area contributed by atoms with Crippen molar-refractivity contribution < 1.29 is 0 Å². The summed E-state index contributed by atoms with van der Waals surface area (Å²) in [5.74, 6) is 0.416. The van der Waals surface area contributed by atoms with Gasteiger partial charge in [0, 0.05) is 10.0 Å². The number of rotatable bonds is 4. The Morgan fingerprint density at radius 1 is 1.27 bits per heavy atom. The van der Waals surface area contributed by atoms with Gasteiger partial charge in [0.15, 0.2) is 0 Å². The summed E-state index contributed by atoms with van der Waals surface area (Å²) in [4.78, 5) is 0. The highest BCUT2D eigenvalue weighted by Crippen LogP contribution is 2.29. The molecular formula is C13H16Cl2. The van der Waals surface area contributed by atoms with Gasteiger partial charge in [-0.15, -0.1) is 0 Å². The lowest BCUT2D eigenvalue weighted by Crippen LogP contribution is -1.93. The molecule has 0 aromatic heterocycles. The van der Waals surface area contributed by atoms with E-state index in [-0.39, 0.29) is 0 Å². The van der Waals surface area contributed by atoms with Gasteiger partial charge in [0.05, 0.1) is 0 Å². The van der Waals surface area contributed by atoms with Crippen molar-refractivity contribution in [1.82, 2.24) is 0 Å². The van der Waals surface area contributed by atoms with Crippen molar-refractivity contribution in [3.8, 4) is 0 Å². The van der Waals surface area contributed by atoms with E-state index in [1.54, 1.807) is 0 Å². The zero-order valence-corrected chi connectivity index (χ0v) is 10.6. The van der Waals surface area contributed by atoms with E-state index in [2.05, 4.69) is 26.0 Å². The molecule has 0 bridgehead atoms. The molecule has 0 aliphatic rings. The molecule has 0 aliphatic heterocycles. The molecule has 0 radical (unpaired) electrons. The normalized spacial score (nSPS) is 13.3. The third-order valence-electron chi connectivity index (χ3n) is 2.38. The van der Waals surface area contributed by atoms with Gasteiger partial charge in [-0.05, 0) is 42.5 Å². The molecule has 0 aliphatic carbocycles. The van der Waals surface area contributed by atoms with Gasteiger partial charge in [0.25, 0.3) is 0 Å². The minimum atomic E-state index is 0.416. The first-order valence-electron chi connectivity index (χ1n) is 5.25. The first kappa shape index (κ1) is 12.6. The molecule has 15 heavy (non-hydrogen) atoms. The summed E-state index contributed by atoms with van der Waals surface area (Å²) < 4.78 is 0. The van der Waals surface area contributed by atoms with E-state index in [0.29, 0.717) is 5.92 Å². The maximum Gasteiger partial charge on any atom is 0.0441 e. The fourth-order valence-corrected chi connectivity index (χ4v) is 1.97. The quantitative estimate of drug-likeness (QED) is 0.616. The van der Waals surface area contributed by atoms with Crippen molar-refractivity contribution in [3.05, 3.63) is 46.0 Å². The molecule has 0 heterocycles. The summed E-state index contributed by atoms with van der Waals surface area (Å²) >= 11 is 12.1. The lowest BCUT2D eigenvalue weighted by molar-refractivity contribution is 0.779. The Hall–Kier alpha value is -0.460. The predicted molar refractivity (Wildman–Crippen MR) is 68.9 cm³/mol. The zero-order chi connectivity index (χ0) is 11.3. The van der Waals surface area contributed by atoms with Crippen LogP contribution in [0.5, 0.6) is 0 Å². The molecule has 0 amide bonds. The second-order valence-electron chi connectivity index (χ2n) is 3.68. The third kappa shape index (κ3) is 3.89. The summed E-state index contributed by atoms with van der Waals surface area (Å²) in [6.45, 7) is 4.30. The van der Waals surface area contributed by atoms with Crippen LogP contribution < -0.4 is 0 Å². The number of hydrogen-bond donors (Lipinski definition) is 0. The molecule has 2 heteroatoms. The van der Waals surface area contributed by atoms with E-state index >= 15 is 0 Å². The molecule has 0 saturated heterocycles. The van der Waals surface area contributed by atoms with Crippen LogP contribution in [0.25, 0.3) is 0 Å². The molecule has 0 nitrogen and oxygen atoms in total. The van der Waals surface area contributed by atoms with Gasteiger partial charge in [-0.2, -0.15) is 0 Å². The van der Waals surface area contributed by atoms with Gasteiger partial charge < -0.3 is 0 Å². The van der Waals surface area contributed by atoms with Crippen molar-refractivity contribution >= 4 is 23.2 Å². The first-order valence-corrected chi connectivity index (χ1v) is 6.00. The number of hydrogen-bond acceptors (Lipinski definition) is 0. The largest absolute Gasteiger partial charge is 0.0888 e. The van der Waals surface area contributed by atoms with Crippen LogP contribution >= 0.6 is 23.2 Å². The summed E-state index contributed by atoms with van der Waals surface area (Å²) in [6.07, 6.45) is 6.46. The van der Waals surface area contributed by atoms with Crippen LogP contribution in [0.15, 0.2) is 30.4 Å². The fraction of sp³-hybridized carbons (Fsp3) is 0.385. The molecule has 0 fully saturated rings. The Bertz CT molecular complexity index is 342. The second kappa shape index (κ2) is 6.19. The molecule has 82 valence electrons. The van der Waals surface area contributed by atoms with Gasteiger partial charge in [-0.1, -0.05) is 49.2 Å². The predicted octanol–water partition coefficient (Wildman–Crippen LogP) is 5.45. The summed E-state index contributed by atoms with van der Waals surface area (Å²) in [5, 5.41) is 1.55. The summed E-state index contributed by atoms with van der Waals surface area (Å²) in [6, 6.07) is 5.63. The van der Waals surface area contributed by atoms with E-state index in [9.17, 15) is 0 Å². The van der Waals surface area contributed by atoms with Crippen LogP contribution in [-0.2, 0) is 0 Å². The van der Waals surface area contributed by atoms with Crippen LogP contribution in [0, 0.1) is 0 Å². The van der Waals surface area contributed by atoms with Gasteiger partial charge in [-0.3, -0.25) is 0 Å². The molecule has 0 saturated carbocycles. The highest BCUT2D eigenvalue weighted by atomic mass is 35.5. The van der Waals surface area contributed by atoms with Crippen LogP contribution in [0.1, 0.15) is 38.2 Å². The minimum Gasteiger partial charge on any atom is -0.0888 e. The molecule has 0 spiro atoms. The van der Waals surface area contributed by atoms with Gasteiger partial charge in [0.2, 0.25) is 0 Å². The van der Waals surface area contributed by atoms with E-state index < -0.39 is 0 Å². The van der Waals surface area contributed by atoms with Crippen LogP contribution in [-0.4, -0.2) is 0 Å². The molecule has 0 N–H and O–H groups in total. The topological polar surface area (TPSA) is 0 Å². The Kier molecular flexibility index (Phi) is 5.21. The van der Waals surface area contributed by atoms with E-state index in [0.717, 1.165) is 28.5 Å². The summed E-state index contributed by atoms with van der Waals surface area (Å²) in [7, 11) is 0. The Morgan fingerprint density at radius 2 is 2.00 bits per heavy atom. The molecule has 1 aromatic carbocycles. The minimum absolute atomic E-state index is 0.416. The molecule has 1 rings (SSSR count). The van der Waals surface area contributed by atoms with Crippen molar-refractivity contribution in [2.75, 3.05) is 0 Å². The lowest BCUT2D eigenvalue weighted by atomic mass is 9.97. The van der Waals surface area contributed by atoms with Crippen molar-refractivity contribution in [2.24, 2.45) is 0 Å². The monoisotopic (exact) mass is 242 g/mol. The Morgan fingerprint density at radius 3 is 2.67 bits per heavy atom. The highest BCUT2D eigenvalue weighted by Gasteiger charge is 2.08. The average molecular weight is 243 g/mol. The number of halogens is 2. The average Bonchev–Trinajstić information content (AvgIpc) is 2.22. The van der Waals surface area contributed by atoms with Crippen molar-refractivity contribution in [3.63, 3.8) is 0 Å². The van der Waals surface area contributed by atoms with E-state index in [1.807, 2.05) is 18.2 Å². The smallest absolute Gasteiger partial charge is 0.0441 e. The third-order valence-corrected chi connectivity index (χ3v) is 2.96. The Balaban J connectivity index is 2.76. The zero-order valence-electron chi connectivity index (χ0n) is 9.13. The SMILES string of the molecule is CC/C=C\CC(C)c1cc(Cl)ccc1Cl. The standard InChI is InChI=1S/C13H16Cl2/c1-3-4-5-6-10(2)12-9-11(14)7-8-13(12)15/h4-5,7-10H,3,6H2,1-2H3/b5-4-. The first-order chi connectivity index (χ1) is 7.15. The Labute approximate surface area is 102 Å². The second-order valence-corrected chi connectivity index (χ2v) is 4.53. The van der Waals surface area contributed by atoms with Crippen LogP contribution in [0.4, 0.5) is 0 Å². The maximum atomic E-state index is 6.12. The van der Waals surface area contributed by atoms with Crippen LogP contribution in [0.3, 0.4) is 0 Å². The van der Waals surface area contributed by atoms with Gasteiger partial charge in [0.1, 0.15) is 0 Å². The maximum absolute atomic E-state index is 6.12. The van der Waals surface area contributed by atoms with Crippen molar-refractivity contribution in [2.45, 2.75) is 32.6 Å². The number of benzene rings is 1. The van der Waals surface area contributed by atoms with Gasteiger partial charge in [-0.25, -0.2) is 0 Å². The molecule has 1 unspecified atom stereocenters.